The Morgan fingerprint density at radius 2 is 2.14 bits per heavy atom. The molecule has 1 aromatic carbocycles. The molecule has 0 aliphatic heterocycles. The summed E-state index contributed by atoms with van der Waals surface area (Å²) in [5.41, 5.74) is 6.86. The molecule has 0 unspecified atom stereocenters. The molecule has 2 rings (SSSR count). The number of aromatic nitrogens is 3. The molecule has 0 aliphatic rings. The van der Waals surface area contributed by atoms with E-state index in [-0.39, 0.29) is 23.1 Å². The molecule has 4 N–H and O–H groups in total. The van der Waals surface area contributed by atoms with Crippen molar-refractivity contribution in [1.29, 1.82) is 0 Å². The molecular formula is C12H14F2N6OS. The van der Waals surface area contributed by atoms with E-state index >= 15 is 0 Å². The number of nitrogens with two attached hydrogens (primary N) is 1. The summed E-state index contributed by atoms with van der Waals surface area (Å²) >= 11 is 4.17. The Balaban J connectivity index is 2.35. The number of carbonyl (C=O) groups excluding carboxylic acids is 1. The highest BCUT2D eigenvalue weighted by atomic mass is 32.1. The van der Waals surface area contributed by atoms with Crippen LogP contribution < -0.4 is 16.4 Å². The van der Waals surface area contributed by atoms with Crippen LogP contribution in [0.25, 0.3) is 0 Å². The number of thiol groups is 1. The van der Waals surface area contributed by atoms with Crippen LogP contribution in [0.15, 0.2) is 17.0 Å². The Morgan fingerprint density at radius 3 is 2.73 bits per heavy atom. The van der Waals surface area contributed by atoms with E-state index in [9.17, 15) is 13.6 Å². The van der Waals surface area contributed by atoms with Crippen molar-refractivity contribution in [2.45, 2.75) is 18.4 Å². The fourth-order valence-electron chi connectivity index (χ4n) is 1.79. The first-order valence-electron chi connectivity index (χ1n) is 6.16. The number of benzene rings is 1. The molecule has 0 bridgehead atoms. The monoisotopic (exact) mass is 328 g/mol. The standard InChI is InChI=1S/C12H14F2N6OS/c1-5-3-6(22)4-7(8(5)15)9(21)17-12-18-11(16-2)19-20(12)10(13)14/h3-4,10,22H,15H2,1-2H3,(H2,16,17,18,19,21). The van der Waals surface area contributed by atoms with Gasteiger partial charge in [0.2, 0.25) is 11.9 Å². The maximum atomic E-state index is 12.9. The van der Waals surface area contributed by atoms with E-state index in [1.54, 1.807) is 13.0 Å². The molecule has 0 spiro atoms. The van der Waals surface area contributed by atoms with E-state index in [0.29, 0.717) is 15.1 Å². The topological polar surface area (TPSA) is 97.9 Å². The van der Waals surface area contributed by atoms with Gasteiger partial charge < -0.3 is 11.1 Å². The molecule has 10 heteroatoms. The first-order chi connectivity index (χ1) is 10.3. The van der Waals surface area contributed by atoms with Crippen LogP contribution in [0.2, 0.25) is 0 Å². The lowest BCUT2D eigenvalue weighted by molar-refractivity contribution is 0.0588. The molecule has 1 amide bonds. The van der Waals surface area contributed by atoms with E-state index in [4.69, 9.17) is 5.73 Å². The van der Waals surface area contributed by atoms with Crippen molar-refractivity contribution in [2.75, 3.05) is 23.4 Å². The molecule has 0 saturated carbocycles. The lowest BCUT2D eigenvalue weighted by Gasteiger charge is -2.10. The van der Waals surface area contributed by atoms with Gasteiger partial charge in [-0.25, -0.2) is 0 Å². The Morgan fingerprint density at radius 1 is 1.45 bits per heavy atom. The van der Waals surface area contributed by atoms with E-state index in [0.717, 1.165) is 0 Å². The summed E-state index contributed by atoms with van der Waals surface area (Å²) in [6, 6.07) is 3.14. The van der Waals surface area contributed by atoms with Gasteiger partial charge in [0.1, 0.15) is 0 Å². The van der Waals surface area contributed by atoms with Gasteiger partial charge in [0.15, 0.2) is 0 Å². The van der Waals surface area contributed by atoms with Gasteiger partial charge in [-0.1, -0.05) is 0 Å². The summed E-state index contributed by atoms with van der Waals surface area (Å²) in [4.78, 5) is 16.5. The van der Waals surface area contributed by atoms with Gasteiger partial charge in [-0.3, -0.25) is 10.1 Å². The van der Waals surface area contributed by atoms with E-state index in [1.165, 1.54) is 13.1 Å². The predicted octanol–water partition coefficient (Wildman–Crippen LogP) is 2.15. The average molecular weight is 328 g/mol. The third kappa shape index (κ3) is 3.11. The van der Waals surface area contributed by atoms with Gasteiger partial charge in [0.05, 0.1) is 5.56 Å². The predicted molar refractivity (Wildman–Crippen MR) is 81.6 cm³/mol. The Bertz CT molecular complexity index is 718. The lowest BCUT2D eigenvalue weighted by atomic mass is 10.1. The molecule has 0 fully saturated rings. The molecule has 118 valence electrons. The highest BCUT2D eigenvalue weighted by molar-refractivity contribution is 7.80. The van der Waals surface area contributed by atoms with Gasteiger partial charge >= 0.3 is 6.55 Å². The molecule has 0 atom stereocenters. The summed E-state index contributed by atoms with van der Waals surface area (Å²) in [5, 5.41) is 8.31. The van der Waals surface area contributed by atoms with Crippen LogP contribution in [0.1, 0.15) is 22.5 Å². The number of hydrogen-bond donors (Lipinski definition) is 4. The van der Waals surface area contributed by atoms with Gasteiger partial charge in [0.25, 0.3) is 5.91 Å². The molecule has 2 aromatic rings. The van der Waals surface area contributed by atoms with Crippen molar-refractivity contribution in [2.24, 2.45) is 0 Å². The summed E-state index contributed by atoms with van der Waals surface area (Å²) in [6.07, 6.45) is 0. The summed E-state index contributed by atoms with van der Waals surface area (Å²) in [5.74, 6) is -1.10. The smallest absolute Gasteiger partial charge is 0.336 e. The summed E-state index contributed by atoms with van der Waals surface area (Å²) in [7, 11) is 1.47. The molecule has 7 nitrogen and oxygen atoms in total. The van der Waals surface area contributed by atoms with Gasteiger partial charge in [-0.2, -0.15) is 18.4 Å². The second-order valence-corrected chi connectivity index (χ2v) is 4.93. The highest BCUT2D eigenvalue weighted by Crippen LogP contribution is 2.24. The fourth-order valence-corrected chi connectivity index (χ4v) is 2.11. The quantitative estimate of drug-likeness (QED) is 0.509. The lowest BCUT2D eigenvalue weighted by Crippen LogP contribution is -2.18. The Kier molecular flexibility index (Phi) is 4.50. The van der Waals surface area contributed by atoms with Crippen LogP contribution in [-0.2, 0) is 0 Å². The molecule has 22 heavy (non-hydrogen) atoms. The molecule has 1 heterocycles. The van der Waals surface area contributed by atoms with Crippen molar-refractivity contribution >= 4 is 36.1 Å². The number of halogens is 2. The number of aryl methyl sites for hydroxylation is 1. The third-order valence-electron chi connectivity index (χ3n) is 2.88. The van der Waals surface area contributed by atoms with Crippen LogP contribution in [-0.4, -0.2) is 27.7 Å². The second kappa shape index (κ2) is 6.18. The summed E-state index contributed by atoms with van der Waals surface area (Å²) < 4.78 is 26.1. The molecule has 0 radical (unpaired) electrons. The third-order valence-corrected chi connectivity index (χ3v) is 3.14. The molecular weight excluding hydrogens is 314 g/mol. The zero-order valence-corrected chi connectivity index (χ0v) is 12.7. The number of hydrogen-bond acceptors (Lipinski definition) is 6. The molecule has 0 aliphatic carbocycles. The number of nitrogens with zero attached hydrogens (tertiary/aromatic N) is 3. The maximum absolute atomic E-state index is 12.9. The largest absolute Gasteiger partial charge is 0.398 e. The number of alkyl halides is 2. The minimum Gasteiger partial charge on any atom is -0.398 e. The zero-order chi connectivity index (χ0) is 16.4. The highest BCUT2D eigenvalue weighted by Gasteiger charge is 2.20. The normalized spacial score (nSPS) is 10.8. The van der Waals surface area contributed by atoms with Crippen molar-refractivity contribution in [3.05, 3.63) is 23.3 Å². The van der Waals surface area contributed by atoms with Gasteiger partial charge in [-0.05, 0) is 24.6 Å². The second-order valence-electron chi connectivity index (χ2n) is 4.41. The van der Waals surface area contributed by atoms with E-state index < -0.39 is 12.5 Å². The van der Waals surface area contributed by atoms with Crippen molar-refractivity contribution in [3.63, 3.8) is 0 Å². The number of nitrogens with one attached hydrogen (secondary N) is 2. The van der Waals surface area contributed by atoms with Crippen LogP contribution in [0, 0.1) is 6.92 Å². The van der Waals surface area contributed by atoms with Crippen LogP contribution in [0.3, 0.4) is 0 Å². The molecule has 0 saturated heterocycles. The van der Waals surface area contributed by atoms with Gasteiger partial charge in [-0.15, -0.1) is 17.7 Å². The average Bonchev–Trinajstić information content (AvgIpc) is 2.85. The SMILES string of the molecule is CNc1nc(NC(=O)c2cc(S)cc(C)c2N)n(C(F)F)n1. The van der Waals surface area contributed by atoms with Crippen molar-refractivity contribution in [1.82, 2.24) is 14.8 Å². The number of carbonyl (C=O) groups is 1. The Labute approximate surface area is 130 Å². The number of rotatable bonds is 4. The molecule has 1 aromatic heterocycles. The number of nitrogen functional groups attached to an aromatic ring is 1. The van der Waals surface area contributed by atoms with E-state index in [2.05, 4.69) is 33.3 Å². The van der Waals surface area contributed by atoms with Crippen LogP contribution in [0.5, 0.6) is 0 Å². The van der Waals surface area contributed by atoms with Crippen LogP contribution >= 0.6 is 12.6 Å². The first kappa shape index (κ1) is 16.0. The van der Waals surface area contributed by atoms with Crippen molar-refractivity contribution < 1.29 is 13.6 Å². The summed E-state index contributed by atoms with van der Waals surface area (Å²) in [6.45, 7) is -1.23. The minimum absolute atomic E-state index is 0.0392. The maximum Gasteiger partial charge on any atom is 0.336 e. The number of anilines is 3. The van der Waals surface area contributed by atoms with Crippen molar-refractivity contribution in [3.8, 4) is 0 Å². The van der Waals surface area contributed by atoms with Gasteiger partial charge in [0, 0.05) is 17.6 Å². The van der Waals surface area contributed by atoms with Crippen LogP contribution in [0.4, 0.5) is 26.4 Å². The van der Waals surface area contributed by atoms with E-state index in [1.807, 2.05) is 0 Å². The zero-order valence-electron chi connectivity index (χ0n) is 11.8. The minimum atomic E-state index is -2.94. The Hall–Kier alpha value is -2.36. The number of amides is 1. The first-order valence-corrected chi connectivity index (χ1v) is 6.61. The fraction of sp³-hybridized carbons (Fsp3) is 0.250.